The molecular weight excluding hydrogens is 255 g/mol. The fourth-order valence-electron chi connectivity index (χ4n) is 1.18. The molecule has 0 N–H and O–H groups in total. The van der Waals surface area contributed by atoms with E-state index in [-0.39, 0.29) is 11.3 Å². The normalized spacial score (nSPS) is 12.6. The Labute approximate surface area is 98.6 Å². The first-order valence-corrected chi connectivity index (χ1v) is 6.79. The lowest BCUT2D eigenvalue weighted by atomic mass is 10.0. The van der Waals surface area contributed by atoms with E-state index in [2.05, 4.69) is 0 Å². The first-order valence-electron chi connectivity index (χ1n) is 4.48. The second kappa shape index (κ2) is 4.22. The van der Waals surface area contributed by atoms with Crippen LogP contribution in [0.25, 0.3) is 0 Å². The molecule has 0 spiro atoms. The molecule has 0 atom stereocenters. The molecule has 0 amide bonds. The van der Waals surface area contributed by atoms with Crippen LogP contribution in [-0.2, 0) is 13.8 Å². The van der Waals surface area contributed by atoms with Gasteiger partial charge in [-0.3, -0.25) is 0 Å². The number of ether oxygens (including phenoxy) is 1. The number of rotatable bonds is 3. The summed E-state index contributed by atoms with van der Waals surface area (Å²) in [5.74, 6) is -0.556. The number of hydrogen-bond donors (Lipinski definition) is 0. The van der Waals surface area contributed by atoms with Crippen LogP contribution in [0.5, 0.6) is 5.75 Å². The third-order valence-corrected chi connectivity index (χ3v) is 5.07. The molecule has 0 saturated carbocycles. The lowest BCUT2D eigenvalue weighted by Gasteiger charge is -2.21. The van der Waals surface area contributed by atoms with E-state index >= 15 is 0 Å². The summed E-state index contributed by atoms with van der Waals surface area (Å²) in [5.41, 5.74) is 0.279. The Morgan fingerprint density at radius 2 is 1.94 bits per heavy atom. The Morgan fingerprint density at radius 3 is 2.31 bits per heavy atom. The summed E-state index contributed by atoms with van der Waals surface area (Å²) in [6.45, 7) is 2.83. The smallest absolute Gasteiger partial charge is 0.241 e. The van der Waals surface area contributed by atoms with Crippen molar-refractivity contribution in [1.82, 2.24) is 0 Å². The summed E-state index contributed by atoms with van der Waals surface area (Å²) in [5, 5.41) is 0. The van der Waals surface area contributed by atoms with Gasteiger partial charge in [0.05, 0.1) is 7.11 Å². The van der Waals surface area contributed by atoms with Gasteiger partial charge in [-0.2, -0.15) is 0 Å². The number of hydrogen-bond acceptors (Lipinski definition) is 3. The number of benzene rings is 1. The molecule has 0 aliphatic rings. The Balaban J connectivity index is 3.31. The number of halogens is 2. The van der Waals surface area contributed by atoms with Gasteiger partial charge in [-0.1, -0.05) is 6.07 Å². The molecule has 0 aliphatic heterocycles. The van der Waals surface area contributed by atoms with Gasteiger partial charge in [0.25, 0.3) is 0 Å². The van der Waals surface area contributed by atoms with Crippen LogP contribution in [0.15, 0.2) is 18.2 Å². The van der Waals surface area contributed by atoms with E-state index in [1.165, 1.54) is 33.1 Å². The van der Waals surface area contributed by atoms with Crippen molar-refractivity contribution in [3.8, 4) is 5.75 Å². The highest BCUT2D eigenvalue weighted by atomic mass is 35.7. The van der Waals surface area contributed by atoms with Crippen molar-refractivity contribution in [2.24, 2.45) is 0 Å². The van der Waals surface area contributed by atoms with Gasteiger partial charge in [0.1, 0.15) is 4.75 Å². The van der Waals surface area contributed by atoms with Crippen molar-refractivity contribution in [2.45, 2.75) is 18.6 Å². The Hall–Kier alpha value is -0.810. The van der Waals surface area contributed by atoms with Crippen LogP contribution in [0.3, 0.4) is 0 Å². The van der Waals surface area contributed by atoms with Crippen molar-refractivity contribution in [1.29, 1.82) is 0 Å². The van der Waals surface area contributed by atoms with Crippen LogP contribution in [0, 0.1) is 5.82 Å². The predicted molar refractivity (Wildman–Crippen MR) is 60.8 cm³/mol. The van der Waals surface area contributed by atoms with E-state index < -0.39 is 19.6 Å². The van der Waals surface area contributed by atoms with Crippen LogP contribution >= 0.6 is 10.7 Å². The molecule has 3 nitrogen and oxygen atoms in total. The van der Waals surface area contributed by atoms with Crippen LogP contribution in [0.2, 0.25) is 0 Å². The zero-order valence-corrected chi connectivity index (χ0v) is 10.7. The fraction of sp³-hybridized carbons (Fsp3) is 0.400. The van der Waals surface area contributed by atoms with Crippen molar-refractivity contribution < 1.29 is 17.5 Å². The first-order chi connectivity index (χ1) is 7.20. The van der Waals surface area contributed by atoms with Crippen molar-refractivity contribution in [3.63, 3.8) is 0 Å². The van der Waals surface area contributed by atoms with E-state index in [9.17, 15) is 12.8 Å². The van der Waals surface area contributed by atoms with Crippen molar-refractivity contribution in [3.05, 3.63) is 29.6 Å². The van der Waals surface area contributed by atoms with Gasteiger partial charge in [0.2, 0.25) is 9.05 Å². The minimum atomic E-state index is -3.83. The van der Waals surface area contributed by atoms with Crippen molar-refractivity contribution in [2.75, 3.05) is 7.11 Å². The highest BCUT2D eigenvalue weighted by Crippen LogP contribution is 2.34. The Bertz CT molecular complexity index is 497. The average molecular weight is 267 g/mol. The number of methoxy groups -OCH3 is 1. The summed E-state index contributed by atoms with van der Waals surface area (Å²) < 4.78 is 39.5. The molecule has 16 heavy (non-hydrogen) atoms. The maximum absolute atomic E-state index is 13.4. The van der Waals surface area contributed by atoms with Gasteiger partial charge >= 0.3 is 0 Å². The average Bonchev–Trinajstić information content (AvgIpc) is 2.15. The highest BCUT2D eigenvalue weighted by Gasteiger charge is 2.35. The molecule has 0 aromatic heterocycles. The Morgan fingerprint density at radius 1 is 1.38 bits per heavy atom. The van der Waals surface area contributed by atoms with Gasteiger partial charge in [0, 0.05) is 10.7 Å². The van der Waals surface area contributed by atoms with E-state index in [1.807, 2.05) is 0 Å². The van der Waals surface area contributed by atoms with E-state index in [1.54, 1.807) is 0 Å². The lowest BCUT2D eigenvalue weighted by molar-refractivity contribution is 0.385. The van der Waals surface area contributed by atoms with Crippen LogP contribution in [-0.4, -0.2) is 15.5 Å². The molecule has 0 fully saturated rings. The first kappa shape index (κ1) is 13.3. The van der Waals surface area contributed by atoms with E-state index in [0.29, 0.717) is 0 Å². The standard InChI is InChI=1S/C10H12ClFO3S/c1-10(2,16(11,13)14)7-4-5-9(15-3)8(12)6-7/h4-6H,1-3H3. The molecule has 0 bridgehead atoms. The summed E-state index contributed by atoms with van der Waals surface area (Å²) in [4.78, 5) is 0. The predicted octanol–water partition coefficient (Wildman–Crippen LogP) is 2.64. The van der Waals surface area contributed by atoms with E-state index in [4.69, 9.17) is 15.4 Å². The zero-order valence-electron chi connectivity index (χ0n) is 9.12. The molecule has 0 aliphatic carbocycles. The summed E-state index contributed by atoms with van der Waals surface area (Å²) in [6, 6.07) is 3.95. The maximum atomic E-state index is 13.4. The molecule has 0 unspecified atom stereocenters. The largest absolute Gasteiger partial charge is 0.494 e. The third-order valence-electron chi connectivity index (χ3n) is 2.46. The van der Waals surface area contributed by atoms with Gasteiger partial charge in [-0.15, -0.1) is 0 Å². The summed E-state index contributed by atoms with van der Waals surface area (Å²) in [7, 11) is 2.81. The van der Waals surface area contributed by atoms with Crippen LogP contribution < -0.4 is 4.74 Å². The second-order valence-corrected chi connectivity index (χ2v) is 6.91. The van der Waals surface area contributed by atoms with Gasteiger partial charge in [0.15, 0.2) is 11.6 Å². The molecule has 1 aromatic carbocycles. The lowest BCUT2D eigenvalue weighted by Crippen LogP contribution is -2.25. The van der Waals surface area contributed by atoms with E-state index in [0.717, 1.165) is 6.07 Å². The van der Waals surface area contributed by atoms with Gasteiger partial charge < -0.3 is 4.74 Å². The van der Waals surface area contributed by atoms with Crippen LogP contribution in [0.4, 0.5) is 4.39 Å². The minimum Gasteiger partial charge on any atom is -0.494 e. The van der Waals surface area contributed by atoms with Gasteiger partial charge in [-0.05, 0) is 31.5 Å². The molecular formula is C10H12ClFO3S. The molecule has 0 radical (unpaired) electrons. The topological polar surface area (TPSA) is 43.4 Å². The second-order valence-electron chi connectivity index (χ2n) is 3.80. The third kappa shape index (κ3) is 2.30. The summed E-state index contributed by atoms with van der Waals surface area (Å²) >= 11 is 0. The zero-order chi connectivity index (χ0) is 12.6. The molecule has 1 rings (SSSR count). The van der Waals surface area contributed by atoms with Gasteiger partial charge in [-0.25, -0.2) is 12.8 Å². The van der Waals surface area contributed by atoms with Crippen LogP contribution in [0.1, 0.15) is 19.4 Å². The quantitative estimate of drug-likeness (QED) is 0.790. The Kier molecular flexibility index (Phi) is 3.50. The highest BCUT2D eigenvalue weighted by molar-refractivity contribution is 8.14. The fourth-order valence-corrected chi connectivity index (χ4v) is 1.86. The monoisotopic (exact) mass is 266 g/mol. The minimum absolute atomic E-state index is 0.0616. The molecule has 0 saturated heterocycles. The maximum Gasteiger partial charge on any atom is 0.241 e. The molecule has 90 valence electrons. The molecule has 6 heteroatoms. The SMILES string of the molecule is COc1ccc(C(C)(C)S(=O)(=O)Cl)cc1F. The molecule has 0 heterocycles. The van der Waals surface area contributed by atoms with Crippen molar-refractivity contribution >= 4 is 19.7 Å². The summed E-state index contributed by atoms with van der Waals surface area (Å²) in [6.07, 6.45) is 0. The molecule has 1 aromatic rings.